The lowest BCUT2D eigenvalue weighted by molar-refractivity contribution is 0.161. The van der Waals surface area contributed by atoms with Crippen LogP contribution < -0.4 is 0 Å². The Bertz CT molecular complexity index is 141. The van der Waals surface area contributed by atoms with Gasteiger partial charge in [0, 0.05) is 26.3 Å². The summed E-state index contributed by atoms with van der Waals surface area (Å²) >= 11 is 0. The zero-order valence-electron chi connectivity index (χ0n) is 10.3. The molecule has 0 radical (unpaired) electrons. The number of aliphatic hydroxyl groups excluding tert-OH is 2. The lowest BCUT2D eigenvalue weighted by Gasteiger charge is -2.30. The van der Waals surface area contributed by atoms with Gasteiger partial charge in [0.1, 0.15) is 0 Å². The number of rotatable bonds is 6. The first-order valence-electron chi connectivity index (χ1n) is 6.53. The van der Waals surface area contributed by atoms with Gasteiger partial charge in [-0.1, -0.05) is 0 Å². The molecule has 0 aromatic carbocycles. The van der Waals surface area contributed by atoms with Crippen LogP contribution in [0.1, 0.15) is 25.7 Å². The second kappa shape index (κ2) is 8.93. The molecule has 96 valence electrons. The molecule has 0 aliphatic carbocycles. The molecule has 0 spiro atoms. The maximum Gasteiger partial charge on any atom is 0.0443 e. The molecule has 0 aromatic rings. The summed E-state index contributed by atoms with van der Waals surface area (Å²) in [4.78, 5) is 4.92. The molecular formula is C12H26N2O2. The fourth-order valence-corrected chi connectivity index (χ4v) is 2.30. The molecule has 0 saturated carbocycles. The molecular weight excluding hydrogens is 204 g/mol. The molecule has 1 saturated heterocycles. The molecule has 2 N–H and O–H groups in total. The van der Waals surface area contributed by atoms with Gasteiger partial charge in [-0.15, -0.1) is 0 Å². The van der Waals surface area contributed by atoms with Crippen molar-refractivity contribution < 1.29 is 10.2 Å². The van der Waals surface area contributed by atoms with Gasteiger partial charge in [-0.25, -0.2) is 0 Å². The van der Waals surface area contributed by atoms with Crippen molar-refractivity contribution >= 4 is 0 Å². The molecule has 0 amide bonds. The first kappa shape index (κ1) is 13.9. The van der Waals surface area contributed by atoms with Crippen LogP contribution in [0.5, 0.6) is 0 Å². The highest BCUT2D eigenvalue weighted by atomic mass is 16.3. The summed E-state index contributed by atoms with van der Waals surface area (Å²) in [5, 5.41) is 17.6. The van der Waals surface area contributed by atoms with E-state index in [2.05, 4.69) is 9.80 Å². The fourth-order valence-electron chi connectivity index (χ4n) is 2.30. The van der Waals surface area contributed by atoms with E-state index in [0.29, 0.717) is 13.2 Å². The van der Waals surface area contributed by atoms with Crippen LogP contribution in [0, 0.1) is 0 Å². The van der Waals surface area contributed by atoms with Crippen LogP contribution in [0.25, 0.3) is 0 Å². The van der Waals surface area contributed by atoms with Crippen molar-refractivity contribution in [2.24, 2.45) is 0 Å². The SMILES string of the molecule is OCCCN1CCCN(CCCO)CCC1. The zero-order valence-corrected chi connectivity index (χ0v) is 10.3. The summed E-state index contributed by atoms with van der Waals surface area (Å²) in [6.45, 7) is 7.27. The molecule has 1 rings (SSSR count). The van der Waals surface area contributed by atoms with E-state index in [4.69, 9.17) is 10.2 Å². The predicted octanol–water partition coefficient (Wildman–Crippen LogP) is 0.149. The topological polar surface area (TPSA) is 46.9 Å². The van der Waals surface area contributed by atoms with Crippen LogP contribution in [0.15, 0.2) is 0 Å². The van der Waals surface area contributed by atoms with E-state index < -0.39 is 0 Å². The molecule has 1 heterocycles. The minimum atomic E-state index is 0.305. The van der Waals surface area contributed by atoms with Crippen LogP contribution in [0.3, 0.4) is 0 Å². The van der Waals surface area contributed by atoms with E-state index in [0.717, 1.165) is 52.1 Å². The Kier molecular flexibility index (Phi) is 7.76. The molecule has 0 aromatic heterocycles. The summed E-state index contributed by atoms with van der Waals surface area (Å²) in [7, 11) is 0. The average Bonchev–Trinajstić information content (AvgIpc) is 2.26. The molecule has 1 fully saturated rings. The highest BCUT2D eigenvalue weighted by Crippen LogP contribution is 2.05. The van der Waals surface area contributed by atoms with Crippen molar-refractivity contribution in [3.8, 4) is 0 Å². The van der Waals surface area contributed by atoms with Crippen molar-refractivity contribution in [1.29, 1.82) is 0 Å². The second-order valence-corrected chi connectivity index (χ2v) is 4.54. The van der Waals surface area contributed by atoms with Crippen LogP contribution in [0.2, 0.25) is 0 Å². The minimum Gasteiger partial charge on any atom is -0.396 e. The van der Waals surface area contributed by atoms with Crippen molar-refractivity contribution in [3.63, 3.8) is 0 Å². The van der Waals surface area contributed by atoms with E-state index in [-0.39, 0.29) is 0 Å². The maximum atomic E-state index is 8.80. The van der Waals surface area contributed by atoms with Crippen molar-refractivity contribution in [3.05, 3.63) is 0 Å². The summed E-state index contributed by atoms with van der Waals surface area (Å²) in [5.74, 6) is 0. The Hall–Kier alpha value is -0.160. The van der Waals surface area contributed by atoms with Crippen LogP contribution in [-0.4, -0.2) is 72.5 Å². The molecule has 1 aliphatic rings. The van der Waals surface area contributed by atoms with Crippen molar-refractivity contribution in [2.45, 2.75) is 25.7 Å². The standard InChI is InChI=1S/C12H26N2O2/c15-11-3-9-13-5-1-6-14(8-2-7-13)10-4-12-16/h15-16H,1-12H2. The lowest BCUT2D eigenvalue weighted by atomic mass is 10.2. The van der Waals surface area contributed by atoms with E-state index >= 15 is 0 Å². The molecule has 0 atom stereocenters. The third-order valence-electron chi connectivity index (χ3n) is 3.16. The lowest BCUT2D eigenvalue weighted by Crippen LogP contribution is -2.37. The Morgan fingerprint density at radius 2 is 1.06 bits per heavy atom. The number of nitrogens with zero attached hydrogens (tertiary/aromatic N) is 2. The Morgan fingerprint density at radius 3 is 1.38 bits per heavy atom. The largest absolute Gasteiger partial charge is 0.396 e. The van der Waals surface area contributed by atoms with E-state index in [1.807, 2.05) is 0 Å². The van der Waals surface area contributed by atoms with E-state index in [1.165, 1.54) is 12.8 Å². The molecule has 0 unspecified atom stereocenters. The second-order valence-electron chi connectivity index (χ2n) is 4.54. The highest BCUT2D eigenvalue weighted by Gasteiger charge is 2.11. The van der Waals surface area contributed by atoms with Gasteiger partial charge >= 0.3 is 0 Å². The summed E-state index contributed by atoms with van der Waals surface area (Å²) < 4.78 is 0. The fraction of sp³-hybridized carbons (Fsp3) is 1.00. The Morgan fingerprint density at radius 1 is 0.688 bits per heavy atom. The number of aliphatic hydroxyl groups is 2. The summed E-state index contributed by atoms with van der Waals surface area (Å²) in [6, 6.07) is 0. The van der Waals surface area contributed by atoms with Crippen molar-refractivity contribution in [1.82, 2.24) is 9.80 Å². The Labute approximate surface area is 98.9 Å². The zero-order chi connectivity index (χ0) is 11.6. The third kappa shape index (κ3) is 5.80. The van der Waals surface area contributed by atoms with Gasteiger partial charge < -0.3 is 20.0 Å². The van der Waals surface area contributed by atoms with E-state index in [9.17, 15) is 0 Å². The first-order chi connectivity index (χ1) is 7.86. The third-order valence-corrected chi connectivity index (χ3v) is 3.16. The first-order valence-corrected chi connectivity index (χ1v) is 6.53. The predicted molar refractivity (Wildman–Crippen MR) is 65.5 cm³/mol. The average molecular weight is 230 g/mol. The normalized spacial score (nSPS) is 20.6. The number of hydrogen-bond donors (Lipinski definition) is 2. The van der Waals surface area contributed by atoms with Gasteiger partial charge in [0.15, 0.2) is 0 Å². The van der Waals surface area contributed by atoms with Gasteiger partial charge in [0.05, 0.1) is 0 Å². The smallest absolute Gasteiger partial charge is 0.0443 e. The van der Waals surface area contributed by atoms with Crippen molar-refractivity contribution in [2.75, 3.05) is 52.5 Å². The quantitative estimate of drug-likeness (QED) is 0.682. The summed E-state index contributed by atoms with van der Waals surface area (Å²) in [5.41, 5.74) is 0. The molecule has 16 heavy (non-hydrogen) atoms. The maximum absolute atomic E-state index is 8.80. The molecule has 4 nitrogen and oxygen atoms in total. The van der Waals surface area contributed by atoms with Crippen LogP contribution >= 0.6 is 0 Å². The summed E-state index contributed by atoms with van der Waals surface area (Å²) in [6.07, 6.45) is 4.20. The number of hydrogen-bond acceptors (Lipinski definition) is 4. The monoisotopic (exact) mass is 230 g/mol. The highest BCUT2D eigenvalue weighted by molar-refractivity contribution is 4.67. The van der Waals surface area contributed by atoms with Crippen LogP contribution in [-0.2, 0) is 0 Å². The van der Waals surface area contributed by atoms with Gasteiger partial charge in [-0.3, -0.25) is 0 Å². The van der Waals surface area contributed by atoms with Crippen LogP contribution in [0.4, 0.5) is 0 Å². The van der Waals surface area contributed by atoms with Gasteiger partial charge in [-0.05, 0) is 51.9 Å². The van der Waals surface area contributed by atoms with E-state index in [1.54, 1.807) is 0 Å². The van der Waals surface area contributed by atoms with Gasteiger partial charge in [0.25, 0.3) is 0 Å². The van der Waals surface area contributed by atoms with Gasteiger partial charge in [-0.2, -0.15) is 0 Å². The molecule has 0 bridgehead atoms. The molecule has 1 aliphatic heterocycles. The Balaban J connectivity index is 2.16. The molecule has 4 heteroatoms. The van der Waals surface area contributed by atoms with Gasteiger partial charge in [0.2, 0.25) is 0 Å². The minimum absolute atomic E-state index is 0.305.